The minimum absolute atomic E-state index is 0.0510. The van der Waals surface area contributed by atoms with E-state index in [1.54, 1.807) is 7.11 Å². The SMILES string of the molecule is CCCCN1CCN(C(=O)NCCc2ccccc2OC)CC1. The molecule has 1 aromatic rings. The van der Waals surface area contributed by atoms with E-state index in [0.29, 0.717) is 6.54 Å². The number of urea groups is 1. The van der Waals surface area contributed by atoms with Crippen LogP contribution < -0.4 is 10.1 Å². The van der Waals surface area contributed by atoms with Gasteiger partial charge in [-0.3, -0.25) is 4.90 Å². The molecular weight excluding hydrogens is 290 g/mol. The van der Waals surface area contributed by atoms with Crippen molar-refractivity contribution in [3.05, 3.63) is 29.8 Å². The van der Waals surface area contributed by atoms with Gasteiger partial charge >= 0.3 is 6.03 Å². The van der Waals surface area contributed by atoms with Crippen LogP contribution in [0.4, 0.5) is 4.79 Å². The van der Waals surface area contributed by atoms with E-state index in [1.807, 2.05) is 29.2 Å². The molecule has 23 heavy (non-hydrogen) atoms. The predicted octanol–water partition coefficient (Wildman–Crippen LogP) is 2.37. The van der Waals surface area contributed by atoms with E-state index in [2.05, 4.69) is 17.1 Å². The van der Waals surface area contributed by atoms with Crippen LogP contribution in [0.3, 0.4) is 0 Å². The zero-order chi connectivity index (χ0) is 16.5. The number of nitrogens with zero attached hydrogens (tertiary/aromatic N) is 2. The Morgan fingerprint density at radius 3 is 2.65 bits per heavy atom. The third-order valence-corrected chi connectivity index (χ3v) is 4.35. The highest BCUT2D eigenvalue weighted by atomic mass is 16.5. The highest BCUT2D eigenvalue weighted by Gasteiger charge is 2.20. The number of rotatable bonds is 7. The first kappa shape index (κ1) is 17.6. The van der Waals surface area contributed by atoms with Gasteiger partial charge in [-0.25, -0.2) is 4.79 Å². The molecule has 0 unspecified atom stereocenters. The van der Waals surface area contributed by atoms with Gasteiger partial charge in [0.1, 0.15) is 5.75 Å². The third-order valence-electron chi connectivity index (χ3n) is 4.35. The zero-order valence-electron chi connectivity index (χ0n) is 14.4. The third kappa shape index (κ3) is 5.43. The first-order valence-electron chi connectivity index (χ1n) is 8.61. The average Bonchev–Trinajstić information content (AvgIpc) is 2.60. The molecule has 1 N–H and O–H groups in total. The molecule has 1 aromatic carbocycles. The maximum Gasteiger partial charge on any atom is 0.317 e. The molecule has 2 amide bonds. The lowest BCUT2D eigenvalue weighted by Crippen LogP contribution is -2.52. The fraction of sp³-hybridized carbons (Fsp3) is 0.611. The Morgan fingerprint density at radius 1 is 1.22 bits per heavy atom. The summed E-state index contributed by atoms with van der Waals surface area (Å²) < 4.78 is 5.33. The minimum atomic E-state index is 0.0510. The molecule has 2 rings (SSSR count). The van der Waals surface area contributed by atoms with Gasteiger partial charge in [-0.1, -0.05) is 31.5 Å². The summed E-state index contributed by atoms with van der Waals surface area (Å²) in [6.45, 7) is 7.62. The molecule has 0 bridgehead atoms. The van der Waals surface area contributed by atoms with Crippen molar-refractivity contribution in [2.45, 2.75) is 26.2 Å². The zero-order valence-corrected chi connectivity index (χ0v) is 14.4. The summed E-state index contributed by atoms with van der Waals surface area (Å²) in [6, 6.07) is 7.99. The number of hydrogen-bond acceptors (Lipinski definition) is 3. The van der Waals surface area contributed by atoms with Crippen LogP contribution in [0.25, 0.3) is 0 Å². The lowest BCUT2D eigenvalue weighted by atomic mass is 10.1. The number of ether oxygens (including phenoxy) is 1. The fourth-order valence-corrected chi connectivity index (χ4v) is 2.88. The van der Waals surface area contributed by atoms with Gasteiger partial charge in [0.05, 0.1) is 7.11 Å². The lowest BCUT2D eigenvalue weighted by molar-refractivity contribution is 0.138. The normalized spacial score (nSPS) is 15.5. The lowest BCUT2D eigenvalue weighted by Gasteiger charge is -2.34. The van der Waals surface area contributed by atoms with Crippen LogP contribution in [0.15, 0.2) is 24.3 Å². The van der Waals surface area contributed by atoms with E-state index in [1.165, 1.54) is 12.8 Å². The number of methoxy groups -OCH3 is 1. The van der Waals surface area contributed by atoms with E-state index in [0.717, 1.165) is 50.5 Å². The number of piperazine rings is 1. The number of carbonyl (C=O) groups excluding carboxylic acids is 1. The monoisotopic (exact) mass is 319 g/mol. The standard InChI is InChI=1S/C18H29N3O2/c1-3-4-11-20-12-14-21(15-13-20)18(22)19-10-9-16-7-5-6-8-17(16)23-2/h5-8H,3-4,9-15H2,1-2H3,(H,19,22). The maximum atomic E-state index is 12.2. The van der Waals surface area contributed by atoms with Crippen molar-refractivity contribution in [3.8, 4) is 5.75 Å². The maximum absolute atomic E-state index is 12.2. The van der Waals surface area contributed by atoms with Gasteiger partial charge in [0, 0.05) is 32.7 Å². The van der Waals surface area contributed by atoms with Crippen LogP contribution in [0.5, 0.6) is 5.75 Å². The Hall–Kier alpha value is -1.75. The Balaban J connectivity index is 1.69. The molecule has 1 aliphatic rings. The number of nitrogens with one attached hydrogen (secondary N) is 1. The van der Waals surface area contributed by atoms with Crippen molar-refractivity contribution in [1.82, 2.24) is 15.1 Å². The van der Waals surface area contributed by atoms with Crippen molar-refractivity contribution >= 4 is 6.03 Å². The smallest absolute Gasteiger partial charge is 0.317 e. The van der Waals surface area contributed by atoms with E-state index < -0.39 is 0 Å². The first-order chi connectivity index (χ1) is 11.2. The summed E-state index contributed by atoms with van der Waals surface area (Å²) in [7, 11) is 1.68. The van der Waals surface area contributed by atoms with Gasteiger partial charge in [0.25, 0.3) is 0 Å². The Morgan fingerprint density at radius 2 is 1.96 bits per heavy atom. The largest absolute Gasteiger partial charge is 0.496 e. The number of benzene rings is 1. The molecule has 0 radical (unpaired) electrons. The Labute approximate surface area is 139 Å². The van der Waals surface area contributed by atoms with Crippen molar-refractivity contribution < 1.29 is 9.53 Å². The van der Waals surface area contributed by atoms with Crippen molar-refractivity contribution in [1.29, 1.82) is 0 Å². The predicted molar refractivity (Wildman–Crippen MR) is 93.0 cm³/mol. The van der Waals surface area contributed by atoms with Gasteiger partial charge in [-0.2, -0.15) is 0 Å². The summed E-state index contributed by atoms with van der Waals surface area (Å²) in [5, 5.41) is 3.02. The van der Waals surface area contributed by atoms with Crippen LogP contribution in [0.2, 0.25) is 0 Å². The average molecular weight is 319 g/mol. The number of unbranched alkanes of at least 4 members (excludes halogenated alkanes) is 1. The van der Waals surface area contributed by atoms with Crippen molar-refractivity contribution in [2.24, 2.45) is 0 Å². The topological polar surface area (TPSA) is 44.8 Å². The number of hydrogen-bond donors (Lipinski definition) is 1. The van der Waals surface area contributed by atoms with Crippen LogP contribution in [-0.4, -0.2) is 62.2 Å². The summed E-state index contributed by atoms with van der Waals surface area (Å²) in [5.74, 6) is 0.881. The molecule has 0 atom stereocenters. The summed E-state index contributed by atoms with van der Waals surface area (Å²) in [4.78, 5) is 16.6. The molecule has 0 saturated carbocycles. The van der Waals surface area contributed by atoms with Crippen LogP contribution in [-0.2, 0) is 6.42 Å². The van der Waals surface area contributed by atoms with Crippen LogP contribution in [0, 0.1) is 0 Å². The van der Waals surface area contributed by atoms with E-state index in [-0.39, 0.29) is 6.03 Å². The molecule has 1 heterocycles. The molecular formula is C18H29N3O2. The summed E-state index contributed by atoms with van der Waals surface area (Å²) >= 11 is 0. The highest BCUT2D eigenvalue weighted by molar-refractivity contribution is 5.74. The van der Waals surface area contributed by atoms with Gasteiger partial charge in [-0.15, -0.1) is 0 Å². The number of amides is 2. The minimum Gasteiger partial charge on any atom is -0.496 e. The Bertz CT molecular complexity index is 485. The fourth-order valence-electron chi connectivity index (χ4n) is 2.88. The second-order valence-electron chi connectivity index (χ2n) is 5.98. The molecule has 5 nitrogen and oxygen atoms in total. The van der Waals surface area contributed by atoms with Gasteiger partial charge in [0.15, 0.2) is 0 Å². The van der Waals surface area contributed by atoms with Crippen molar-refractivity contribution in [3.63, 3.8) is 0 Å². The molecule has 0 spiro atoms. The highest BCUT2D eigenvalue weighted by Crippen LogP contribution is 2.17. The summed E-state index contributed by atoms with van der Waals surface area (Å²) in [5.41, 5.74) is 1.12. The van der Waals surface area contributed by atoms with E-state index >= 15 is 0 Å². The van der Waals surface area contributed by atoms with Crippen LogP contribution >= 0.6 is 0 Å². The first-order valence-corrected chi connectivity index (χ1v) is 8.61. The molecule has 5 heteroatoms. The second-order valence-corrected chi connectivity index (χ2v) is 5.98. The molecule has 0 aromatic heterocycles. The molecule has 128 valence electrons. The van der Waals surface area contributed by atoms with Crippen LogP contribution in [0.1, 0.15) is 25.3 Å². The van der Waals surface area contributed by atoms with Gasteiger partial charge in [0.2, 0.25) is 0 Å². The quantitative estimate of drug-likeness (QED) is 0.839. The molecule has 1 aliphatic heterocycles. The van der Waals surface area contributed by atoms with Crippen molar-refractivity contribution in [2.75, 3.05) is 46.4 Å². The number of carbonyl (C=O) groups is 1. The van der Waals surface area contributed by atoms with E-state index in [9.17, 15) is 4.79 Å². The van der Waals surface area contributed by atoms with Gasteiger partial charge < -0.3 is 15.0 Å². The molecule has 0 aliphatic carbocycles. The summed E-state index contributed by atoms with van der Waals surface area (Å²) in [6.07, 6.45) is 3.25. The Kier molecular flexibility index (Phi) is 7.20. The number of para-hydroxylation sites is 1. The second kappa shape index (κ2) is 9.40. The molecule has 1 saturated heterocycles. The van der Waals surface area contributed by atoms with E-state index in [4.69, 9.17) is 4.74 Å². The van der Waals surface area contributed by atoms with Gasteiger partial charge in [-0.05, 0) is 31.0 Å². The molecule has 1 fully saturated rings.